The summed E-state index contributed by atoms with van der Waals surface area (Å²) in [6, 6.07) is 16.9. The summed E-state index contributed by atoms with van der Waals surface area (Å²) < 4.78 is 7.62. The molecule has 0 saturated carbocycles. The van der Waals surface area contributed by atoms with E-state index in [1.54, 1.807) is 30.3 Å². The normalized spacial score (nSPS) is 13.0. The largest absolute Gasteiger partial charge is 0.494 e. The van der Waals surface area contributed by atoms with Crippen molar-refractivity contribution in [1.82, 2.24) is 4.57 Å². The van der Waals surface area contributed by atoms with Crippen LogP contribution in [0.1, 0.15) is 44.6 Å². The van der Waals surface area contributed by atoms with Crippen LogP contribution in [0.4, 0.5) is 0 Å². The maximum Gasteiger partial charge on any atom is 0.197 e. The fourth-order valence-electron chi connectivity index (χ4n) is 3.75. The van der Waals surface area contributed by atoms with Crippen LogP contribution in [-0.4, -0.2) is 22.7 Å². The lowest BCUT2D eigenvalue weighted by molar-refractivity contribution is 0.0990. The van der Waals surface area contributed by atoms with Crippen LogP contribution in [0.15, 0.2) is 60.2 Å². The molecule has 0 radical (unpaired) electrons. The quantitative estimate of drug-likeness (QED) is 0.481. The van der Waals surface area contributed by atoms with Gasteiger partial charge in [-0.15, -0.1) is 0 Å². The van der Waals surface area contributed by atoms with Crippen LogP contribution in [0.25, 0.3) is 11.8 Å². The summed E-state index contributed by atoms with van der Waals surface area (Å²) in [4.78, 5) is 25.3. The molecule has 1 heterocycles. The molecule has 0 amide bonds. The van der Waals surface area contributed by atoms with Crippen molar-refractivity contribution < 1.29 is 14.3 Å². The average molecular weight is 371 g/mol. The summed E-state index contributed by atoms with van der Waals surface area (Å²) in [6.45, 7) is 6.59. The zero-order valence-corrected chi connectivity index (χ0v) is 16.2. The van der Waals surface area contributed by atoms with Crippen LogP contribution >= 0.6 is 0 Å². The van der Waals surface area contributed by atoms with Gasteiger partial charge in [-0.25, -0.2) is 0 Å². The molecular formula is C24H21NO3. The van der Waals surface area contributed by atoms with Gasteiger partial charge in [0.2, 0.25) is 0 Å². The number of hydrogen-bond donors (Lipinski definition) is 0. The van der Waals surface area contributed by atoms with Crippen LogP contribution in [0.3, 0.4) is 0 Å². The molecule has 0 N–H and O–H groups in total. The molecular weight excluding hydrogens is 350 g/mol. The van der Waals surface area contributed by atoms with E-state index in [9.17, 15) is 9.59 Å². The zero-order chi connectivity index (χ0) is 19.8. The Hall–Kier alpha value is -3.40. The Morgan fingerprint density at radius 2 is 1.54 bits per heavy atom. The number of aromatic nitrogens is 1. The molecule has 0 unspecified atom stereocenters. The minimum Gasteiger partial charge on any atom is -0.494 e. The highest BCUT2D eigenvalue weighted by molar-refractivity contribution is 6.41. The maximum absolute atomic E-state index is 12.7. The molecule has 4 heteroatoms. The van der Waals surface area contributed by atoms with Crippen molar-refractivity contribution in [2.45, 2.75) is 20.8 Å². The summed E-state index contributed by atoms with van der Waals surface area (Å²) in [7, 11) is 0. The molecule has 0 atom stereocenters. The first-order valence-electron chi connectivity index (χ1n) is 9.33. The molecule has 1 aromatic heterocycles. The number of fused-ring (bicyclic) bond motifs is 1. The van der Waals surface area contributed by atoms with Crippen LogP contribution < -0.4 is 4.74 Å². The first kappa shape index (κ1) is 18.0. The Morgan fingerprint density at radius 1 is 0.929 bits per heavy atom. The molecule has 1 aliphatic carbocycles. The second-order valence-corrected chi connectivity index (χ2v) is 6.85. The van der Waals surface area contributed by atoms with Gasteiger partial charge in [0.15, 0.2) is 11.6 Å². The van der Waals surface area contributed by atoms with Gasteiger partial charge in [0.05, 0.1) is 12.2 Å². The molecule has 0 bridgehead atoms. The smallest absolute Gasteiger partial charge is 0.197 e. The SMILES string of the molecule is CCOc1ccc(-n2c(C)cc(C=C3C(=O)c4ccccc4C3=O)c2C)cc1. The molecule has 0 fully saturated rings. The lowest BCUT2D eigenvalue weighted by Crippen LogP contribution is -2.01. The lowest BCUT2D eigenvalue weighted by Gasteiger charge is -2.11. The first-order valence-corrected chi connectivity index (χ1v) is 9.33. The Balaban J connectivity index is 1.73. The maximum atomic E-state index is 12.7. The molecule has 4 rings (SSSR count). The summed E-state index contributed by atoms with van der Waals surface area (Å²) in [5.74, 6) is 0.425. The van der Waals surface area contributed by atoms with Crippen molar-refractivity contribution in [3.63, 3.8) is 0 Å². The number of benzene rings is 2. The van der Waals surface area contributed by atoms with E-state index >= 15 is 0 Å². The van der Waals surface area contributed by atoms with E-state index in [0.29, 0.717) is 17.7 Å². The van der Waals surface area contributed by atoms with Gasteiger partial charge in [0.1, 0.15) is 5.75 Å². The van der Waals surface area contributed by atoms with Crippen molar-refractivity contribution in [2.75, 3.05) is 6.61 Å². The molecule has 3 aromatic rings. The highest BCUT2D eigenvalue weighted by atomic mass is 16.5. The van der Waals surface area contributed by atoms with E-state index < -0.39 is 0 Å². The van der Waals surface area contributed by atoms with Gasteiger partial charge in [-0.05, 0) is 62.7 Å². The summed E-state index contributed by atoms with van der Waals surface area (Å²) in [5, 5.41) is 0. The number of carbonyl (C=O) groups is 2. The summed E-state index contributed by atoms with van der Waals surface area (Å²) in [6.07, 6.45) is 1.72. The number of ketones is 2. The predicted molar refractivity (Wildman–Crippen MR) is 109 cm³/mol. The van der Waals surface area contributed by atoms with Gasteiger partial charge < -0.3 is 9.30 Å². The molecule has 2 aromatic carbocycles. The molecule has 0 spiro atoms. The highest BCUT2D eigenvalue weighted by Gasteiger charge is 2.32. The van der Waals surface area contributed by atoms with Crippen LogP contribution in [0, 0.1) is 13.8 Å². The molecule has 1 aliphatic rings. The second-order valence-electron chi connectivity index (χ2n) is 6.85. The Bertz CT molecular complexity index is 1080. The van der Waals surface area contributed by atoms with E-state index in [0.717, 1.165) is 28.4 Å². The number of aryl methyl sites for hydroxylation is 1. The number of hydrogen-bond acceptors (Lipinski definition) is 3. The molecule has 140 valence electrons. The van der Waals surface area contributed by atoms with Gasteiger partial charge in [-0.3, -0.25) is 9.59 Å². The van der Waals surface area contributed by atoms with Crippen LogP contribution in [-0.2, 0) is 0 Å². The number of ether oxygens (including phenoxy) is 1. The van der Waals surface area contributed by atoms with Crippen molar-refractivity contribution >= 4 is 17.6 Å². The number of Topliss-reactive ketones (excluding diaryl/α,β-unsaturated/α-hetero) is 2. The summed E-state index contributed by atoms with van der Waals surface area (Å²) >= 11 is 0. The van der Waals surface area contributed by atoms with Crippen LogP contribution in [0.2, 0.25) is 0 Å². The highest BCUT2D eigenvalue weighted by Crippen LogP contribution is 2.30. The Labute approximate surface area is 164 Å². The van der Waals surface area contributed by atoms with E-state index in [-0.39, 0.29) is 17.1 Å². The van der Waals surface area contributed by atoms with E-state index in [1.165, 1.54) is 0 Å². The molecule has 0 saturated heterocycles. The van der Waals surface area contributed by atoms with Gasteiger partial charge in [-0.2, -0.15) is 0 Å². The topological polar surface area (TPSA) is 48.3 Å². The number of nitrogens with zero attached hydrogens (tertiary/aromatic N) is 1. The minimum absolute atomic E-state index is 0.202. The van der Waals surface area contributed by atoms with Gasteiger partial charge in [-0.1, -0.05) is 24.3 Å². The van der Waals surface area contributed by atoms with Crippen molar-refractivity contribution in [3.8, 4) is 11.4 Å². The van der Waals surface area contributed by atoms with Gasteiger partial charge in [0, 0.05) is 28.2 Å². The monoisotopic (exact) mass is 371 g/mol. The van der Waals surface area contributed by atoms with Gasteiger partial charge >= 0.3 is 0 Å². The number of carbonyl (C=O) groups excluding carboxylic acids is 2. The van der Waals surface area contributed by atoms with Crippen molar-refractivity contribution in [1.29, 1.82) is 0 Å². The first-order chi connectivity index (χ1) is 13.5. The van der Waals surface area contributed by atoms with E-state index in [1.807, 2.05) is 51.1 Å². The fraction of sp³-hybridized carbons (Fsp3) is 0.167. The third kappa shape index (κ3) is 2.87. The fourth-order valence-corrected chi connectivity index (χ4v) is 3.75. The zero-order valence-electron chi connectivity index (χ0n) is 16.2. The number of allylic oxidation sites excluding steroid dienone is 1. The Morgan fingerprint density at radius 3 is 2.11 bits per heavy atom. The van der Waals surface area contributed by atoms with Gasteiger partial charge in [0.25, 0.3) is 0 Å². The standard InChI is InChI=1S/C24H21NO3/c1-4-28-19-11-9-18(10-12-19)25-15(2)13-17(16(25)3)14-22-23(26)20-7-5-6-8-21(20)24(22)27/h5-14H,4H2,1-3H3. The average Bonchev–Trinajstić information content (AvgIpc) is 3.11. The predicted octanol–water partition coefficient (Wildman–Crippen LogP) is 4.96. The molecule has 28 heavy (non-hydrogen) atoms. The third-order valence-corrected chi connectivity index (χ3v) is 5.08. The minimum atomic E-state index is -0.202. The van der Waals surface area contributed by atoms with E-state index in [2.05, 4.69) is 4.57 Å². The van der Waals surface area contributed by atoms with Crippen LogP contribution in [0.5, 0.6) is 5.75 Å². The lowest BCUT2D eigenvalue weighted by atomic mass is 10.1. The van der Waals surface area contributed by atoms with Crippen molar-refractivity contribution in [3.05, 3.63) is 88.2 Å². The third-order valence-electron chi connectivity index (χ3n) is 5.08. The molecule has 4 nitrogen and oxygen atoms in total. The van der Waals surface area contributed by atoms with E-state index in [4.69, 9.17) is 4.74 Å². The van der Waals surface area contributed by atoms with Crippen molar-refractivity contribution in [2.24, 2.45) is 0 Å². The second kappa shape index (κ2) is 6.97. The summed E-state index contributed by atoms with van der Waals surface area (Å²) in [5.41, 5.74) is 5.09. The molecule has 0 aliphatic heterocycles. The Kier molecular flexibility index (Phi) is 4.47. The number of rotatable bonds is 4.